The summed E-state index contributed by atoms with van der Waals surface area (Å²) >= 11 is 1.37. The smallest absolute Gasteiger partial charge is 0.265 e. The molecule has 1 fully saturated rings. The lowest BCUT2D eigenvalue weighted by atomic mass is 9.97. The molecule has 0 bridgehead atoms. The number of hydrogen-bond acceptors (Lipinski definition) is 6. The van der Waals surface area contributed by atoms with Crippen LogP contribution in [0.3, 0.4) is 0 Å². The minimum Gasteiger partial charge on any atom is -0.339 e. The highest BCUT2D eigenvalue weighted by molar-refractivity contribution is 7.12. The van der Waals surface area contributed by atoms with Crippen LogP contribution in [0.15, 0.2) is 70.6 Å². The lowest BCUT2D eigenvalue weighted by molar-refractivity contribution is 0.0695. The van der Waals surface area contributed by atoms with Crippen molar-refractivity contribution in [2.45, 2.75) is 18.8 Å². The quantitative estimate of drug-likeness (QED) is 0.427. The van der Waals surface area contributed by atoms with E-state index in [1.807, 2.05) is 11.4 Å². The van der Waals surface area contributed by atoms with Gasteiger partial charge in [-0.05, 0) is 60.7 Å². The minimum atomic E-state index is -0.365. The van der Waals surface area contributed by atoms with E-state index in [1.165, 1.54) is 23.5 Å². The molecule has 5 rings (SSSR count). The van der Waals surface area contributed by atoms with Crippen molar-refractivity contribution < 1.29 is 18.5 Å². The first kappa shape index (κ1) is 22.0. The number of benzene rings is 2. The Morgan fingerprint density at radius 3 is 2.74 bits per heavy atom. The summed E-state index contributed by atoms with van der Waals surface area (Å²) in [5.74, 6) is 0.0598. The number of rotatable bonds is 5. The molecule has 0 radical (unpaired) electrons. The van der Waals surface area contributed by atoms with Crippen LogP contribution < -0.4 is 5.32 Å². The van der Waals surface area contributed by atoms with Gasteiger partial charge in [0.05, 0.1) is 10.8 Å². The van der Waals surface area contributed by atoms with Gasteiger partial charge in [0.25, 0.3) is 11.8 Å². The van der Waals surface area contributed by atoms with E-state index in [-0.39, 0.29) is 23.5 Å². The monoisotopic (exact) mass is 476 g/mol. The molecule has 0 saturated carbocycles. The number of carbonyl (C=O) groups is 2. The number of carbonyl (C=O) groups excluding carboxylic acids is 2. The van der Waals surface area contributed by atoms with Crippen molar-refractivity contribution in [2.75, 3.05) is 18.4 Å². The Morgan fingerprint density at radius 2 is 1.97 bits per heavy atom. The fourth-order valence-electron chi connectivity index (χ4n) is 3.99. The van der Waals surface area contributed by atoms with Gasteiger partial charge in [-0.1, -0.05) is 23.4 Å². The van der Waals surface area contributed by atoms with Gasteiger partial charge in [-0.15, -0.1) is 11.3 Å². The summed E-state index contributed by atoms with van der Waals surface area (Å²) in [5, 5.41) is 8.67. The Balaban J connectivity index is 1.24. The molecule has 2 aromatic heterocycles. The Morgan fingerprint density at radius 1 is 1.12 bits per heavy atom. The third-order valence-electron chi connectivity index (χ3n) is 5.72. The van der Waals surface area contributed by atoms with Crippen molar-refractivity contribution >= 4 is 28.8 Å². The predicted molar refractivity (Wildman–Crippen MR) is 126 cm³/mol. The van der Waals surface area contributed by atoms with Gasteiger partial charge < -0.3 is 14.7 Å². The molecule has 34 heavy (non-hydrogen) atoms. The number of anilines is 1. The summed E-state index contributed by atoms with van der Waals surface area (Å²) in [5.41, 5.74) is 1.72. The van der Waals surface area contributed by atoms with Crippen LogP contribution >= 0.6 is 11.3 Å². The van der Waals surface area contributed by atoms with Crippen LogP contribution in [-0.4, -0.2) is 39.9 Å². The van der Waals surface area contributed by atoms with Crippen molar-refractivity contribution in [3.8, 4) is 11.4 Å². The molecule has 2 amide bonds. The zero-order chi connectivity index (χ0) is 23.5. The van der Waals surface area contributed by atoms with Gasteiger partial charge in [0.2, 0.25) is 11.7 Å². The summed E-state index contributed by atoms with van der Waals surface area (Å²) in [6, 6.07) is 16.5. The second-order valence-corrected chi connectivity index (χ2v) is 9.01. The maximum Gasteiger partial charge on any atom is 0.265 e. The van der Waals surface area contributed by atoms with E-state index in [4.69, 9.17) is 4.52 Å². The Kier molecular flexibility index (Phi) is 6.18. The van der Waals surface area contributed by atoms with Crippen LogP contribution in [0.5, 0.6) is 0 Å². The van der Waals surface area contributed by atoms with Crippen molar-refractivity contribution in [2.24, 2.45) is 0 Å². The van der Waals surface area contributed by atoms with Crippen LogP contribution in [-0.2, 0) is 0 Å². The molecule has 172 valence electrons. The molecule has 1 aliphatic rings. The summed E-state index contributed by atoms with van der Waals surface area (Å²) in [7, 11) is 0. The number of halogens is 1. The molecule has 3 heterocycles. The van der Waals surface area contributed by atoms with Gasteiger partial charge in [-0.2, -0.15) is 4.98 Å². The summed E-state index contributed by atoms with van der Waals surface area (Å²) in [4.78, 5) is 32.2. The lowest BCUT2D eigenvalue weighted by Gasteiger charge is -2.31. The molecule has 0 aliphatic carbocycles. The average Bonchev–Trinajstić information content (AvgIpc) is 3.57. The zero-order valence-corrected chi connectivity index (χ0v) is 18.9. The van der Waals surface area contributed by atoms with Crippen LogP contribution in [0.2, 0.25) is 0 Å². The summed E-state index contributed by atoms with van der Waals surface area (Å²) in [6.45, 7) is 1.09. The number of likely N-dealkylation sites (tertiary alicyclic amines) is 1. The van der Waals surface area contributed by atoms with Gasteiger partial charge >= 0.3 is 0 Å². The SMILES string of the molecule is O=C(Nc1ccc(C(=O)N2CCCC(c3nc(-c4cccc(F)c4)no3)C2)cc1)c1cccs1. The van der Waals surface area contributed by atoms with Crippen LogP contribution in [0.1, 0.15) is 44.7 Å². The molecule has 1 N–H and O–H groups in total. The Labute approximate surface area is 199 Å². The minimum absolute atomic E-state index is 0.0862. The predicted octanol–water partition coefficient (Wildman–Crippen LogP) is 5.21. The molecular formula is C25H21FN4O3S. The third kappa shape index (κ3) is 4.74. The topological polar surface area (TPSA) is 88.3 Å². The maximum atomic E-state index is 13.5. The first-order valence-corrected chi connectivity index (χ1v) is 11.8. The van der Waals surface area contributed by atoms with Gasteiger partial charge in [-0.3, -0.25) is 9.59 Å². The number of amides is 2. The zero-order valence-electron chi connectivity index (χ0n) is 18.1. The Hall–Kier alpha value is -3.85. The van der Waals surface area contributed by atoms with E-state index >= 15 is 0 Å². The molecule has 1 unspecified atom stereocenters. The largest absolute Gasteiger partial charge is 0.339 e. The van der Waals surface area contributed by atoms with Gasteiger partial charge in [0.1, 0.15) is 5.82 Å². The van der Waals surface area contributed by atoms with Crippen molar-refractivity contribution in [3.05, 3.63) is 88.2 Å². The van der Waals surface area contributed by atoms with E-state index < -0.39 is 0 Å². The molecule has 1 saturated heterocycles. The van der Waals surface area contributed by atoms with E-state index in [0.29, 0.717) is 46.5 Å². The van der Waals surface area contributed by atoms with Crippen molar-refractivity contribution in [1.82, 2.24) is 15.0 Å². The lowest BCUT2D eigenvalue weighted by Crippen LogP contribution is -2.39. The number of nitrogens with zero attached hydrogens (tertiary/aromatic N) is 3. The number of thiophene rings is 1. The highest BCUT2D eigenvalue weighted by Crippen LogP contribution is 2.29. The van der Waals surface area contributed by atoms with Crippen LogP contribution in [0, 0.1) is 5.82 Å². The van der Waals surface area contributed by atoms with E-state index in [9.17, 15) is 14.0 Å². The second-order valence-electron chi connectivity index (χ2n) is 8.07. The maximum absolute atomic E-state index is 13.5. The number of aromatic nitrogens is 2. The second kappa shape index (κ2) is 9.56. The number of piperidine rings is 1. The van der Waals surface area contributed by atoms with Crippen molar-refractivity contribution in [3.63, 3.8) is 0 Å². The molecule has 7 nitrogen and oxygen atoms in total. The highest BCUT2D eigenvalue weighted by Gasteiger charge is 2.29. The summed E-state index contributed by atoms with van der Waals surface area (Å²) in [6.07, 6.45) is 1.63. The Bertz CT molecular complexity index is 1300. The first-order valence-electron chi connectivity index (χ1n) is 10.9. The third-order valence-corrected chi connectivity index (χ3v) is 6.59. The van der Waals surface area contributed by atoms with Gasteiger partial charge in [0, 0.05) is 29.9 Å². The molecule has 9 heteroatoms. The van der Waals surface area contributed by atoms with Gasteiger partial charge in [-0.25, -0.2) is 4.39 Å². The average molecular weight is 477 g/mol. The molecule has 0 spiro atoms. The standard InChI is InChI=1S/C25H21FN4O3S/c26-19-6-1-4-17(14-19)22-28-24(33-29-22)18-5-2-12-30(15-18)25(32)16-8-10-20(11-9-16)27-23(31)21-7-3-13-34-21/h1,3-4,6-11,13-14,18H,2,5,12,15H2,(H,27,31). The van der Waals surface area contributed by atoms with E-state index in [1.54, 1.807) is 47.4 Å². The molecule has 1 atom stereocenters. The van der Waals surface area contributed by atoms with Crippen LogP contribution in [0.25, 0.3) is 11.4 Å². The highest BCUT2D eigenvalue weighted by atomic mass is 32.1. The molecule has 1 aliphatic heterocycles. The van der Waals surface area contributed by atoms with Crippen LogP contribution in [0.4, 0.5) is 10.1 Å². The normalized spacial score (nSPS) is 15.8. The fraction of sp³-hybridized carbons (Fsp3) is 0.200. The van der Waals surface area contributed by atoms with Crippen molar-refractivity contribution in [1.29, 1.82) is 0 Å². The number of hydrogen-bond donors (Lipinski definition) is 1. The first-order chi connectivity index (χ1) is 16.6. The van der Waals surface area contributed by atoms with E-state index in [2.05, 4.69) is 15.5 Å². The fourth-order valence-corrected chi connectivity index (χ4v) is 4.61. The molecule has 2 aromatic carbocycles. The number of nitrogens with one attached hydrogen (secondary N) is 1. The molecular weight excluding hydrogens is 455 g/mol. The summed E-state index contributed by atoms with van der Waals surface area (Å²) < 4.78 is 19.0. The van der Waals surface area contributed by atoms with E-state index in [0.717, 1.165) is 12.8 Å². The molecule has 4 aromatic rings. The van der Waals surface area contributed by atoms with Gasteiger partial charge in [0.15, 0.2) is 0 Å².